The van der Waals surface area contributed by atoms with Crippen molar-refractivity contribution in [2.45, 2.75) is 29.8 Å². The van der Waals surface area contributed by atoms with Crippen LogP contribution in [0.15, 0.2) is 70.9 Å². The summed E-state index contributed by atoms with van der Waals surface area (Å²) in [6.07, 6.45) is 0.0476. The Hall–Kier alpha value is -2.10. The molecule has 1 heterocycles. The molecule has 21 heavy (non-hydrogen) atoms. The number of alkyl halides is 2. The van der Waals surface area contributed by atoms with Crippen molar-refractivity contribution in [1.29, 1.82) is 0 Å². The topological polar surface area (TPSA) is 24.7 Å². The first-order valence-corrected chi connectivity index (χ1v) is 7.01. The molecule has 1 unspecified atom stereocenters. The molecule has 0 bridgehead atoms. The van der Waals surface area contributed by atoms with E-state index in [1.54, 1.807) is 0 Å². The number of halogens is 2. The van der Waals surface area contributed by atoms with E-state index in [2.05, 4.69) is 10.2 Å². The normalized spacial score (nSPS) is 27.9. The van der Waals surface area contributed by atoms with Gasteiger partial charge in [-0.15, -0.1) is 0 Å². The molecule has 2 aromatic rings. The molecule has 106 valence electrons. The quantitative estimate of drug-likeness (QED) is 0.772. The summed E-state index contributed by atoms with van der Waals surface area (Å²) in [5, 5.41) is 8.38. The summed E-state index contributed by atoms with van der Waals surface area (Å²) in [5.41, 5.74) is -0.250. The molecular weight excluding hydrogens is 270 g/mol. The second-order valence-corrected chi connectivity index (χ2v) is 5.88. The second-order valence-electron chi connectivity index (χ2n) is 5.88. The predicted octanol–water partition coefficient (Wildman–Crippen LogP) is 4.56. The number of rotatable bonds is 2. The molecule has 2 aromatic carbocycles. The van der Waals surface area contributed by atoms with Crippen LogP contribution in [-0.2, 0) is 5.54 Å². The molecule has 1 aliphatic carbocycles. The third-order valence-electron chi connectivity index (χ3n) is 4.53. The van der Waals surface area contributed by atoms with Crippen molar-refractivity contribution in [3.8, 4) is 0 Å². The van der Waals surface area contributed by atoms with Gasteiger partial charge in [0.2, 0.25) is 0 Å². The van der Waals surface area contributed by atoms with Crippen LogP contribution in [0, 0.1) is 0 Å². The summed E-state index contributed by atoms with van der Waals surface area (Å²) >= 11 is 0. The first-order valence-electron chi connectivity index (χ1n) is 7.01. The molecule has 4 heteroatoms. The molecule has 0 amide bonds. The van der Waals surface area contributed by atoms with Gasteiger partial charge >= 0.3 is 0 Å². The van der Waals surface area contributed by atoms with Crippen molar-refractivity contribution in [2.75, 3.05) is 0 Å². The number of nitrogens with zero attached hydrogens (tertiary/aromatic N) is 2. The summed E-state index contributed by atoms with van der Waals surface area (Å²) < 4.78 is 27.4. The fourth-order valence-corrected chi connectivity index (χ4v) is 3.21. The molecule has 0 aromatic heterocycles. The van der Waals surface area contributed by atoms with E-state index in [9.17, 15) is 8.78 Å². The van der Waals surface area contributed by atoms with Crippen LogP contribution in [0.1, 0.15) is 24.0 Å². The lowest BCUT2D eigenvalue weighted by atomic mass is 9.79. The van der Waals surface area contributed by atoms with E-state index >= 15 is 0 Å². The molecule has 2 aliphatic rings. The van der Waals surface area contributed by atoms with Crippen molar-refractivity contribution in [2.24, 2.45) is 10.2 Å². The van der Waals surface area contributed by atoms with Gasteiger partial charge in [0, 0.05) is 12.8 Å². The lowest BCUT2D eigenvalue weighted by Crippen LogP contribution is -2.27. The maximum atomic E-state index is 13.7. The van der Waals surface area contributed by atoms with E-state index in [4.69, 9.17) is 0 Å². The van der Waals surface area contributed by atoms with E-state index < -0.39 is 17.0 Å². The van der Waals surface area contributed by atoms with Crippen LogP contribution in [0.4, 0.5) is 8.78 Å². The Balaban J connectivity index is 1.85. The van der Waals surface area contributed by atoms with Gasteiger partial charge < -0.3 is 0 Å². The zero-order valence-electron chi connectivity index (χ0n) is 11.3. The van der Waals surface area contributed by atoms with Crippen molar-refractivity contribution in [1.82, 2.24) is 0 Å². The monoisotopic (exact) mass is 284 g/mol. The van der Waals surface area contributed by atoms with Crippen molar-refractivity contribution in [3.63, 3.8) is 0 Å². The third kappa shape index (κ3) is 1.68. The fourth-order valence-electron chi connectivity index (χ4n) is 3.21. The Bertz CT molecular complexity index is 658. The third-order valence-corrected chi connectivity index (χ3v) is 4.53. The van der Waals surface area contributed by atoms with Gasteiger partial charge in [0.1, 0.15) is 5.54 Å². The minimum Gasteiger partial charge on any atom is -0.204 e. The molecule has 0 radical (unpaired) electrons. The van der Waals surface area contributed by atoms with Crippen LogP contribution in [0.25, 0.3) is 0 Å². The first-order chi connectivity index (χ1) is 10.1. The minimum atomic E-state index is -2.72. The highest BCUT2D eigenvalue weighted by molar-refractivity contribution is 5.43. The summed E-state index contributed by atoms with van der Waals surface area (Å²) in [4.78, 5) is 0. The standard InChI is InChI=1S/C17H14F2N2/c18-17(19)12-15(17)11-16(21-20-15,13-7-3-1-4-8-13)14-9-5-2-6-10-14/h1-10H,11-12H2. The molecule has 4 rings (SSSR count). The number of hydrogen-bond acceptors (Lipinski definition) is 2. The van der Waals surface area contributed by atoms with Gasteiger partial charge in [0.05, 0.1) is 0 Å². The highest BCUT2D eigenvalue weighted by Gasteiger charge is 2.76. The maximum Gasteiger partial charge on any atom is 0.277 e. The van der Waals surface area contributed by atoms with Crippen molar-refractivity contribution in [3.05, 3.63) is 71.8 Å². The number of azo groups is 1. The molecule has 1 spiro atoms. The maximum absolute atomic E-state index is 13.7. The molecule has 1 atom stereocenters. The van der Waals surface area contributed by atoms with Crippen LogP contribution in [0.5, 0.6) is 0 Å². The van der Waals surface area contributed by atoms with E-state index in [-0.39, 0.29) is 12.8 Å². The van der Waals surface area contributed by atoms with Crippen molar-refractivity contribution >= 4 is 0 Å². The highest BCUT2D eigenvalue weighted by atomic mass is 19.3. The summed E-state index contributed by atoms with van der Waals surface area (Å²) in [6, 6.07) is 19.2. The Morgan fingerprint density at radius 1 is 0.714 bits per heavy atom. The van der Waals surface area contributed by atoms with E-state index in [0.717, 1.165) is 11.1 Å². The Labute approximate surface area is 121 Å². The van der Waals surface area contributed by atoms with Gasteiger partial charge in [-0.05, 0) is 11.1 Å². The van der Waals surface area contributed by atoms with E-state index in [1.807, 2.05) is 60.7 Å². The van der Waals surface area contributed by atoms with Crippen LogP contribution in [-0.4, -0.2) is 11.5 Å². The number of benzene rings is 2. The van der Waals surface area contributed by atoms with Gasteiger partial charge in [0.15, 0.2) is 5.54 Å². The zero-order valence-corrected chi connectivity index (χ0v) is 11.3. The van der Waals surface area contributed by atoms with Crippen LogP contribution < -0.4 is 0 Å². The van der Waals surface area contributed by atoms with E-state index in [0.29, 0.717) is 0 Å². The van der Waals surface area contributed by atoms with Gasteiger partial charge in [0.25, 0.3) is 5.92 Å². The largest absolute Gasteiger partial charge is 0.277 e. The molecule has 1 saturated carbocycles. The van der Waals surface area contributed by atoms with Gasteiger partial charge in [-0.2, -0.15) is 10.2 Å². The molecule has 0 N–H and O–H groups in total. The predicted molar refractivity (Wildman–Crippen MR) is 75.4 cm³/mol. The van der Waals surface area contributed by atoms with Gasteiger partial charge in [-0.25, -0.2) is 8.78 Å². The van der Waals surface area contributed by atoms with Gasteiger partial charge in [-0.3, -0.25) is 0 Å². The minimum absolute atomic E-state index is 0.190. The zero-order chi connectivity index (χ0) is 14.6. The van der Waals surface area contributed by atoms with Crippen LogP contribution in [0.2, 0.25) is 0 Å². The fraction of sp³-hybridized carbons (Fsp3) is 0.294. The molecule has 1 aliphatic heterocycles. The Morgan fingerprint density at radius 2 is 1.19 bits per heavy atom. The van der Waals surface area contributed by atoms with E-state index in [1.165, 1.54) is 0 Å². The van der Waals surface area contributed by atoms with Crippen molar-refractivity contribution < 1.29 is 8.78 Å². The van der Waals surface area contributed by atoms with Crippen LogP contribution in [0.3, 0.4) is 0 Å². The average molecular weight is 284 g/mol. The lowest BCUT2D eigenvalue weighted by molar-refractivity contribution is 0.0882. The lowest BCUT2D eigenvalue weighted by Gasteiger charge is -2.26. The summed E-state index contributed by atoms with van der Waals surface area (Å²) in [5.74, 6) is -2.72. The smallest absolute Gasteiger partial charge is 0.204 e. The molecule has 0 saturated heterocycles. The first kappa shape index (κ1) is 12.6. The molecule has 1 fully saturated rings. The Morgan fingerprint density at radius 3 is 1.57 bits per heavy atom. The number of hydrogen-bond donors (Lipinski definition) is 0. The van der Waals surface area contributed by atoms with Gasteiger partial charge in [-0.1, -0.05) is 60.7 Å². The molecule has 2 nitrogen and oxygen atoms in total. The van der Waals surface area contributed by atoms with Crippen LogP contribution >= 0.6 is 0 Å². The summed E-state index contributed by atoms with van der Waals surface area (Å²) in [6.45, 7) is 0. The average Bonchev–Trinajstić information content (AvgIpc) is 2.85. The highest BCUT2D eigenvalue weighted by Crippen LogP contribution is 2.65. The second kappa shape index (κ2) is 3.97. The summed E-state index contributed by atoms with van der Waals surface area (Å²) in [7, 11) is 0. The molecular formula is C17H14F2N2. The SMILES string of the molecule is FC1(F)CC12CC(c1ccccc1)(c1ccccc1)N=N2. The Kier molecular flexibility index (Phi) is 2.39.